The first kappa shape index (κ1) is 13.2. The van der Waals surface area contributed by atoms with Gasteiger partial charge < -0.3 is 15.0 Å². The third-order valence-electron chi connectivity index (χ3n) is 2.78. The molecule has 0 bridgehead atoms. The van der Waals surface area contributed by atoms with Gasteiger partial charge in [0, 0.05) is 18.8 Å². The van der Waals surface area contributed by atoms with Crippen molar-refractivity contribution in [3.05, 3.63) is 30.1 Å². The van der Waals surface area contributed by atoms with E-state index in [0.717, 1.165) is 13.1 Å². The summed E-state index contributed by atoms with van der Waals surface area (Å²) in [5, 5.41) is 3.67. The van der Waals surface area contributed by atoms with E-state index in [1.165, 1.54) is 12.1 Å². The highest BCUT2D eigenvalue weighted by Gasteiger charge is 2.23. The Morgan fingerprint density at radius 2 is 2.06 bits per heavy atom. The number of benzene rings is 1. The smallest absolute Gasteiger partial charge is 0.173 e. The van der Waals surface area contributed by atoms with Gasteiger partial charge in [0.2, 0.25) is 0 Å². The highest BCUT2D eigenvalue weighted by molar-refractivity contribution is 7.80. The van der Waals surface area contributed by atoms with Crippen LogP contribution < -0.4 is 5.32 Å². The van der Waals surface area contributed by atoms with Crippen LogP contribution in [-0.2, 0) is 4.74 Å². The lowest BCUT2D eigenvalue weighted by molar-refractivity contribution is -0.0473. The van der Waals surface area contributed by atoms with Crippen LogP contribution in [0.5, 0.6) is 0 Å². The summed E-state index contributed by atoms with van der Waals surface area (Å²) in [5.74, 6) is -0.272. The molecule has 2 atom stereocenters. The van der Waals surface area contributed by atoms with Crippen molar-refractivity contribution in [2.24, 2.45) is 0 Å². The van der Waals surface area contributed by atoms with Gasteiger partial charge in [-0.2, -0.15) is 0 Å². The Hall–Kier alpha value is -1.20. The maximum atomic E-state index is 13.1. The minimum absolute atomic E-state index is 0.154. The van der Waals surface area contributed by atoms with E-state index < -0.39 is 0 Å². The van der Waals surface area contributed by atoms with Crippen molar-refractivity contribution in [1.82, 2.24) is 4.90 Å². The number of hydrogen-bond acceptors (Lipinski definition) is 2. The number of halogens is 1. The predicted octanol–water partition coefficient (Wildman–Crippen LogP) is 2.63. The van der Waals surface area contributed by atoms with Crippen molar-refractivity contribution in [3.8, 4) is 0 Å². The molecule has 1 aromatic rings. The number of morpholine rings is 1. The molecule has 1 aliphatic rings. The zero-order valence-electron chi connectivity index (χ0n) is 10.5. The second-order valence-electron chi connectivity index (χ2n) is 4.60. The quantitative estimate of drug-likeness (QED) is 0.791. The predicted molar refractivity (Wildman–Crippen MR) is 74.2 cm³/mol. The highest BCUT2D eigenvalue weighted by Crippen LogP contribution is 2.14. The van der Waals surface area contributed by atoms with Crippen LogP contribution >= 0.6 is 12.2 Å². The number of thiocarbonyl (C=S) groups is 1. The monoisotopic (exact) mass is 268 g/mol. The maximum absolute atomic E-state index is 13.1. The number of ether oxygens (including phenoxy) is 1. The summed E-state index contributed by atoms with van der Waals surface area (Å²) in [5.41, 5.74) is 0.673. The maximum Gasteiger partial charge on any atom is 0.173 e. The summed E-state index contributed by atoms with van der Waals surface area (Å²) in [4.78, 5) is 2.05. The Morgan fingerprint density at radius 3 is 2.67 bits per heavy atom. The number of nitrogens with one attached hydrogen (secondary N) is 1. The summed E-state index contributed by atoms with van der Waals surface area (Å²) >= 11 is 5.34. The Labute approximate surface area is 112 Å². The number of rotatable bonds is 1. The molecule has 3 nitrogen and oxygen atoms in total. The van der Waals surface area contributed by atoms with Crippen LogP contribution in [0.15, 0.2) is 24.3 Å². The average Bonchev–Trinajstić information content (AvgIpc) is 2.27. The van der Waals surface area contributed by atoms with Gasteiger partial charge in [0.25, 0.3) is 0 Å². The fourth-order valence-electron chi connectivity index (χ4n) is 2.11. The van der Waals surface area contributed by atoms with Crippen molar-refractivity contribution in [2.45, 2.75) is 26.1 Å². The zero-order valence-corrected chi connectivity index (χ0v) is 11.3. The fraction of sp³-hybridized carbons (Fsp3) is 0.462. The Balaban J connectivity index is 1.99. The van der Waals surface area contributed by atoms with Crippen molar-refractivity contribution >= 4 is 23.0 Å². The number of hydrogen-bond donors (Lipinski definition) is 1. The molecule has 0 amide bonds. The summed E-state index contributed by atoms with van der Waals surface area (Å²) in [6.07, 6.45) is 0.307. The van der Waals surface area contributed by atoms with E-state index in [4.69, 9.17) is 17.0 Å². The van der Waals surface area contributed by atoms with Crippen molar-refractivity contribution in [2.75, 3.05) is 18.4 Å². The van der Waals surface area contributed by atoms with Crippen molar-refractivity contribution in [1.29, 1.82) is 0 Å². The zero-order chi connectivity index (χ0) is 13.1. The van der Waals surface area contributed by atoms with E-state index in [0.29, 0.717) is 10.8 Å². The second-order valence-corrected chi connectivity index (χ2v) is 4.99. The molecule has 0 radical (unpaired) electrons. The molecular formula is C13H17FN2OS. The lowest BCUT2D eigenvalue weighted by atomic mass is 10.2. The molecule has 1 fully saturated rings. The van der Waals surface area contributed by atoms with Gasteiger partial charge >= 0.3 is 0 Å². The van der Waals surface area contributed by atoms with Gasteiger partial charge in [-0.15, -0.1) is 0 Å². The molecular weight excluding hydrogens is 251 g/mol. The van der Waals surface area contributed by atoms with Gasteiger partial charge in [0.05, 0.1) is 12.2 Å². The van der Waals surface area contributed by atoms with Crippen LogP contribution in [0.2, 0.25) is 0 Å². The highest BCUT2D eigenvalue weighted by atomic mass is 32.1. The van der Waals surface area contributed by atoms with Gasteiger partial charge in [-0.05, 0) is 44.3 Å². The molecule has 1 heterocycles. The molecule has 1 saturated heterocycles. The molecule has 1 aliphatic heterocycles. The second kappa shape index (κ2) is 5.63. The van der Waals surface area contributed by atoms with E-state index >= 15 is 0 Å². The number of nitrogens with zero attached hydrogens (tertiary/aromatic N) is 1. The Kier molecular flexibility index (Phi) is 4.14. The first-order valence-electron chi connectivity index (χ1n) is 6.01. The molecule has 5 heteroatoms. The molecule has 0 saturated carbocycles. The molecule has 0 spiro atoms. The van der Waals surface area contributed by atoms with Gasteiger partial charge in [0.1, 0.15) is 5.82 Å². The minimum atomic E-state index is -0.272. The first-order valence-corrected chi connectivity index (χ1v) is 6.42. The van der Waals surface area contributed by atoms with Gasteiger partial charge in [0.15, 0.2) is 5.11 Å². The Bertz CT molecular complexity index is 431. The third-order valence-corrected chi connectivity index (χ3v) is 3.14. The standard InChI is InChI=1S/C13H17FN2OS/c1-9-7-16(8-10(2)17-9)13(18)15-12-5-3-4-11(14)6-12/h3-6,9-10H,7-8H2,1-2H3,(H,15,18)/t9-,10-/m1/s1. The fourth-order valence-corrected chi connectivity index (χ4v) is 2.38. The normalized spacial score (nSPS) is 23.8. The largest absolute Gasteiger partial charge is 0.372 e. The number of anilines is 1. The van der Waals surface area contributed by atoms with E-state index in [1.807, 2.05) is 13.8 Å². The molecule has 0 aliphatic carbocycles. The molecule has 1 N–H and O–H groups in total. The van der Waals surface area contributed by atoms with Gasteiger partial charge in [-0.3, -0.25) is 0 Å². The summed E-state index contributed by atoms with van der Waals surface area (Å²) in [6.45, 7) is 5.55. The van der Waals surface area contributed by atoms with E-state index in [-0.39, 0.29) is 18.0 Å². The van der Waals surface area contributed by atoms with Crippen LogP contribution in [0, 0.1) is 5.82 Å². The molecule has 1 aromatic carbocycles. The van der Waals surface area contributed by atoms with Gasteiger partial charge in [-0.1, -0.05) is 6.07 Å². The first-order chi connectivity index (χ1) is 8.54. The Morgan fingerprint density at radius 1 is 1.39 bits per heavy atom. The third kappa shape index (κ3) is 3.40. The average molecular weight is 268 g/mol. The van der Waals surface area contributed by atoms with Crippen molar-refractivity contribution in [3.63, 3.8) is 0 Å². The summed E-state index contributed by atoms with van der Waals surface area (Å²) in [6, 6.07) is 6.29. The minimum Gasteiger partial charge on any atom is -0.372 e. The molecule has 98 valence electrons. The summed E-state index contributed by atoms with van der Waals surface area (Å²) in [7, 11) is 0. The van der Waals surface area contributed by atoms with Crippen LogP contribution in [0.3, 0.4) is 0 Å². The van der Waals surface area contributed by atoms with E-state index in [2.05, 4.69) is 10.2 Å². The van der Waals surface area contributed by atoms with Crippen LogP contribution in [0.25, 0.3) is 0 Å². The molecule has 0 unspecified atom stereocenters. The SMILES string of the molecule is C[C@@H]1CN(C(=S)Nc2cccc(F)c2)C[C@@H](C)O1. The molecule has 2 rings (SSSR count). The molecule has 0 aromatic heterocycles. The topological polar surface area (TPSA) is 24.5 Å². The van der Waals surface area contributed by atoms with Crippen LogP contribution in [0.1, 0.15) is 13.8 Å². The van der Waals surface area contributed by atoms with Crippen molar-refractivity contribution < 1.29 is 9.13 Å². The molecule has 18 heavy (non-hydrogen) atoms. The van der Waals surface area contributed by atoms with E-state index in [1.54, 1.807) is 12.1 Å². The van der Waals surface area contributed by atoms with E-state index in [9.17, 15) is 4.39 Å². The van der Waals surface area contributed by atoms with Crippen LogP contribution in [-0.4, -0.2) is 35.3 Å². The summed E-state index contributed by atoms with van der Waals surface area (Å²) < 4.78 is 18.7. The van der Waals surface area contributed by atoms with Gasteiger partial charge in [-0.25, -0.2) is 4.39 Å². The lowest BCUT2D eigenvalue weighted by Gasteiger charge is -2.36. The van der Waals surface area contributed by atoms with Crippen LogP contribution in [0.4, 0.5) is 10.1 Å². The lowest BCUT2D eigenvalue weighted by Crippen LogP contribution is -2.49.